The highest BCUT2D eigenvalue weighted by molar-refractivity contribution is 5.22. The molecule has 1 aliphatic carbocycles. The molecule has 1 aliphatic heterocycles. The van der Waals surface area contributed by atoms with E-state index in [1.54, 1.807) is 0 Å². The summed E-state index contributed by atoms with van der Waals surface area (Å²) in [7, 11) is 0. The molecule has 2 aromatic heterocycles. The van der Waals surface area contributed by atoms with E-state index < -0.39 is 0 Å². The molecule has 102 valence electrons. The first-order chi connectivity index (χ1) is 9.88. The van der Waals surface area contributed by atoms with Crippen LogP contribution in [0, 0.1) is 0 Å². The minimum absolute atomic E-state index is 0.645. The Morgan fingerprint density at radius 3 is 2.95 bits per heavy atom. The Bertz CT molecular complexity index is 607. The Labute approximate surface area is 118 Å². The minimum Gasteiger partial charge on any atom is -0.293 e. The van der Waals surface area contributed by atoms with Gasteiger partial charge in [0.15, 0.2) is 0 Å². The summed E-state index contributed by atoms with van der Waals surface area (Å²) < 4.78 is 0. The highest BCUT2D eigenvalue weighted by Crippen LogP contribution is 2.38. The van der Waals surface area contributed by atoms with Crippen LogP contribution in [0.4, 0.5) is 0 Å². The second kappa shape index (κ2) is 4.94. The minimum atomic E-state index is 0.645. The van der Waals surface area contributed by atoms with Crippen LogP contribution in [0.15, 0.2) is 30.6 Å². The molecule has 1 fully saturated rings. The lowest BCUT2D eigenvalue weighted by molar-refractivity contribution is 0.239. The van der Waals surface area contributed by atoms with Crippen molar-refractivity contribution in [2.45, 2.75) is 38.3 Å². The van der Waals surface area contributed by atoms with E-state index >= 15 is 0 Å². The van der Waals surface area contributed by atoms with E-state index in [1.165, 1.54) is 24.1 Å². The van der Waals surface area contributed by atoms with Crippen LogP contribution < -0.4 is 0 Å². The molecular weight excluding hydrogens is 248 g/mol. The Morgan fingerprint density at radius 2 is 2.15 bits per heavy atom. The van der Waals surface area contributed by atoms with Gasteiger partial charge in [0.05, 0.1) is 5.69 Å². The van der Waals surface area contributed by atoms with E-state index in [1.807, 2.05) is 24.5 Å². The van der Waals surface area contributed by atoms with Gasteiger partial charge in [-0.3, -0.25) is 9.88 Å². The molecule has 4 heteroatoms. The molecule has 2 aliphatic rings. The summed E-state index contributed by atoms with van der Waals surface area (Å²) in [6.45, 7) is 2.91. The fraction of sp³-hybridized carbons (Fsp3) is 0.438. The molecule has 4 nitrogen and oxygen atoms in total. The SMILES string of the molecule is c1ccc(CN2CCc3nc(C4CC4)ncc3C2)nc1. The lowest BCUT2D eigenvalue weighted by atomic mass is 10.1. The van der Waals surface area contributed by atoms with Crippen LogP contribution in [0.1, 0.15) is 41.5 Å². The van der Waals surface area contributed by atoms with Crippen molar-refractivity contribution in [1.82, 2.24) is 19.9 Å². The van der Waals surface area contributed by atoms with Crippen LogP contribution in [-0.4, -0.2) is 26.4 Å². The highest BCUT2D eigenvalue weighted by Gasteiger charge is 2.28. The summed E-state index contributed by atoms with van der Waals surface area (Å²) in [5, 5.41) is 0. The maximum absolute atomic E-state index is 4.76. The summed E-state index contributed by atoms with van der Waals surface area (Å²) in [6, 6.07) is 6.09. The molecule has 0 N–H and O–H groups in total. The highest BCUT2D eigenvalue weighted by atomic mass is 15.1. The third-order valence-electron chi connectivity index (χ3n) is 4.09. The molecule has 1 saturated carbocycles. The zero-order chi connectivity index (χ0) is 13.4. The van der Waals surface area contributed by atoms with E-state index in [0.29, 0.717) is 5.92 Å². The molecule has 0 saturated heterocycles. The molecule has 4 rings (SSSR count). The van der Waals surface area contributed by atoms with Crippen LogP contribution in [0.2, 0.25) is 0 Å². The van der Waals surface area contributed by atoms with Crippen molar-refractivity contribution < 1.29 is 0 Å². The van der Waals surface area contributed by atoms with Crippen molar-refractivity contribution in [1.29, 1.82) is 0 Å². The summed E-state index contributed by atoms with van der Waals surface area (Å²) >= 11 is 0. The summed E-state index contributed by atoms with van der Waals surface area (Å²) in [5.74, 6) is 1.72. The van der Waals surface area contributed by atoms with Crippen LogP contribution >= 0.6 is 0 Å². The lowest BCUT2D eigenvalue weighted by Gasteiger charge is -2.27. The standard InChI is InChI=1S/C16H18N4/c1-2-7-17-14(3-1)11-20-8-6-15-13(10-20)9-18-16(19-15)12-4-5-12/h1-3,7,9,12H,4-6,8,10-11H2. The van der Waals surface area contributed by atoms with Gasteiger partial charge in [-0.05, 0) is 25.0 Å². The first kappa shape index (κ1) is 12.0. The van der Waals surface area contributed by atoms with Crippen molar-refractivity contribution in [2.24, 2.45) is 0 Å². The molecule has 0 bridgehead atoms. The smallest absolute Gasteiger partial charge is 0.131 e. The first-order valence-electron chi connectivity index (χ1n) is 7.35. The van der Waals surface area contributed by atoms with Crippen LogP contribution in [0.5, 0.6) is 0 Å². The third kappa shape index (κ3) is 2.43. The average Bonchev–Trinajstić information content (AvgIpc) is 3.32. The number of hydrogen-bond acceptors (Lipinski definition) is 4. The van der Waals surface area contributed by atoms with Crippen molar-refractivity contribution in [3.8, 4) is 0 Å². The summed E-state index contributed by atoms with van der Waals surface area (Å²) in [4.78, 5) is 16.1. The second-order valence-corrected chi connectivity index (χ2v) is 5.76. The van der Waals surface area contributed by atoms with E-state index in [0.717, 1.165) is 37.6 Å². The average molecular weight is 266 g/mol. The van der Waals surface area contributed by atoms with Crippen molar-refractivity contribution in [3.63, 3.8) is 0 Å². The van der Waals surface area contributed by atoms with E-state index in [9.17, 15) is 0 Å². The molecule has 2 aromatic rings. The van der Waals surface area contributed by atoms with Gasteiger partial charge in [0.2, 0.25) is 0 Å². The fourth-order valence-electron chi connectivity index (χ4n) is 2.78. The Morgan fingerprint density at radius 1 is 1.20 bits per heavy atom. The van der Waals surface area contributed by atoms with Crippen LogP contribution in [-0.2, 0) is 19.5 Å². The van der Waals surface area contributed by atoms with Gasteiger partial charge in [0, 0.05) is 55.6 Å². The normalized spacial score (nSPS) is 18.8. The zero-order valence-corrected chi connectivity index (χ0v) is 11.5. The molecule has 0 spiro atoms. The second-order valence-electron chi connectivity index (χ2n) is 5.76. The maximum Gasteiger partial charge on any atom is 0.131 e. The maximum atomic E-state index is 4.76. The monoisotopic (exact) mass is 266 g/mol. The van der Waals surface area contributed by atoms with Crippen molar-refractivity contribution in [2.75, 3.05) is 6.54 Å². The molecule has 0 atom stereocenters. The van der Waals surface area contributed by atoms with Gasteiger partial charge in [0.25, 0.3) is 0 Å². The predicted octanol–water partition coefficient (Wildman–Crippen LogP) is 2.31. The third-order valence-corrected chi connectivity index (χ3v) is 4.09. The Hall–Kier alpha value is -1.81. The van der Waals surface area contributed by atoms with Gasteiger partial charge in [-0.25, -0.2) is 9.97 Å². The van der Waals surface area contributed by atoms with Crippen LogP contribution in [0.25, 0.3) is 0 Å². The Balaban J connectivity index is 1.49. The number of aromatic nitrogens is 3. The number of fused-ring (bicyclic) bond motifs is 1. The lowest BCUT2D eigenvalue weighted by Crippen LogP contribution is -2.31. The predicted molar refractivity (Wildman–Crippen MR) is 76.1 cm³/mol. The van der Waals surface area contributed by atoms with Crippen molar-refractivity contribution in [3.05, 3.63) is 53.4 Å². The summed E-state index contributed by atoms with van der Waals surface area (Å²) in [6.07, 6.45) is 7.47. The zero-order valence-electron chi connectivity index (χ0n) is 11.5. The molecule has 0 unspecified atom stereocenters. The van der Waals surface area contributed by atoms with Gasteiger partial charge in [-0.15, -0.1) is 0 Å². The van der Waals surface area contributed by atoms with E-state index in [2.05, 4.69) is 20.9 Å². The molecule has 20 heavy (non-hydrogen) atoms. The van der Waals surface area contributed by atoms with E-state index in [4.69, 9.17) is 4.98 Å². The molecular formula is C16H18N4. The largest absolute Gasteiger partial charge is 0.293 e. The topological polar surface area (TPSA) is 41.9 Å². The van der Waals surface area contributed by atoms with Crippen LogP contribution in [0.3, 0.4) is 0 Å². The number of hydrogen-bond donors (Lipinski definition) is 0. The van der Waals surface area contributed by atoms with Gasteiger partial charge in [0.1, 0.15) is 5.82 Å². The quantitative estimate of drug-likeness (QED) is 0.855. The molecule has 0 radical (unpaired) electrons. The number of pyridine rings is 1. The van der Waals surface area contributed by atoms with Gasteiger partial charge in [-0.1, -0.05) is 6.07 Å². The molecule has 0 aromatic carbocycles. The number of rotatable bonds is 3. The van der Waals surface area contributed by atoms with Gasteiger partial charge < -0.3 is 0 Å². The Kier molecular flexibility index (Phi) is 2.96. The van der Waals surface area contributed by atoms with Gasteiger partial charge >= 0.3 is 0 Å². The summed E-state index contributed by atoms with van der Waals surface area (Å²) in [5.41, 5.74) is 3.68. The molecule has 0 amide bonds. The van der Waals surface area contributed by atoms with Crippen molar-refractivity contribution >= 4 is 0 Å². The fourth-order valence-corrected chi connectivity index (χ4v) is 2.78. The molecule has 3 heterocycles. The number of nitrogens with zero attached hydrogens (tertiary/aromatic N) is 4. The first-order valence-corrected chi connectivity index (χ1v) is 7.35. The van der Waals surface area contributed by atoms with E-state index in [-0.39, 0.29) is 0 Å². The van der Waals surface area contributed by atoms with Gasteiger partial charge in [-0.2, -0.15) is 0 Å².